The number of rotatable bonds is 0. The summed E-state index contributed by atoms with van der Waals surface area (Å²) in [5.74, 6) is 0.144. The van der Waals surface area contributed by atoms with Crippen molar-refractivity contribution in [2.45, 2.75) is 0 Å². The molecule has 84 valence electrons. The zero-order chi connectivity index (χ0) is 12.2. The van der Waals surface area contributed by atoms with Crippen molar-refractivity contribution in [1.82, 2.24) is 0 Å². The van der Waals surface area contributed by atoms with Crippen LogP contribution in [0.4, 0.5) is 0 Å². The van der Waals surface area contributed by atoms with Gasteiger partial charge in [-0.2, -0.15) is 0 Å². The van der Waals surface area contributed by atoms with Crippen LogP contribution in [0, 0.1) is 0 Å². The van der Waals surface area contributed by atoms with E-state index in [0.717, 1.165) is 0 Å². The Hall–Kier alpha value is -0.719. The number of hydrogen-bond donors (Lipinski definition) is 0. The van der Waals surface area contributed by atoms with Crippen molar-refractivity contribution >= 4 is 55.7 Å². The molecule has 0 saturated carbocycles. The molecule has 0 atom stereocenters. The minimum absolute atomic E-state index is 0. The quantitative estimate of drug-likeness (QED) is 0.663. The molecule has 0 heterocycles. The Morgan fingerprint density at radius 1 is 0.647 bits per heavy atom. The van der Waals surface area contributed by atoms with Crippen LogP contribution in [0.3, 0.4) is 0 Å². The second-order valence-corrected chi connectivity index (χ2v) is 2.63. The van der Waals surface area contributed by atoms with E-state index in [1.807, 2.05) is 18.9 Å². The Balaban J connectivity index is 0. The van der Waals surface area contributed by atoms with E-state index in [1.54, 1.807) is 24.3 Å². The predicted molar refractivity (Wildman–Crippen MR) is 64.7 cm³/mol. The van der Waals surface area contributed by atoms with E-state index in [4.69, 9.17) is 4.79 Å². The summed E-state index contributed by atoms with van der Waals surface area (Å²) in [4.78, 5) is 8.00. The Kier molecular flexibility index (Phi) is 14.6. The third-order valence-electron chi connectivity index (χ3n) is 1.49. The molecule has 2 aromatic rings. The summed E-state index contributed by atoms with van der Waals surface area (Å²) in [5.41, 5.74) is 0. The van der Waals surface area contributed by atoms with E-state index in [-0.39, 0.29) is 60.4 Å². The van der Waals surface area contributed by atoms with E-state index in [2.05, 4.69) is 0 Å². The first-order valence-corrected chi connectivity index (χ1v) is 4.52. The average Bonchev–Trinajstić information content (AvgIpc) is 2.34. The molecule has 0 fully saturated rings. The van der Waals surface area contributed by atoms with Crippen molar-refractivity contribution in [3.63, 3.8) is 0 Å². The van der Waals surface area contributed by atoms with Crippen LogP contribution >= 0.6 is 0 Å². The molecule has 0 unspecified atom stereocenters. The fraction of sp³-hybridized carbons (Fsp3) is 0. The van der Waals surface area contributed by atoms with E-state index in [9.17, 15) is 10.2 Å². The minimum atomic E-state index is 0. The summed E-state index contributed by atoms with van der Waals surface area (Å²) in [5, 5.41) is 20.5. The topological polar surface area (TPSA) is 63.2 Å². The standard InChI is InChI=1S/2C6H6O.CH2O.Ba/c2*7-6-4-2-1-3-5-6;1-2;/h2*1-5,7H;1H2;/q;;;+2/p-2. The average molecular weight is 354 g/mol. The van der Waals surface area contributed by atoms with Crippen LogP contribution in [0.15, 0.2) is 60.7 Å². The number of para-hydroxylation sites is 2. The first-order chi connectivity index (χ1) is 7.79. The third-order valence-corrected chi connectivity index (χ3v) is 1.49. The van der Waals surface area contributed by atoms with Crippen molar-refractivity contribution in [3.05, 3.63) is 60.7 Å². The number of carbonyl (C=O) groups is 1. The van der Waals surface area contributed by atoms with Gasteiger partial charge in [-0.15, -0.1) is 11.5 Å². The Bertz CT molecular complexity index is 327. The molecule has 0 spiro atoms. The van der Waals surface area contributed by atoms with Gasteiger partial charge in [-0.05, 0) is 0 Å². The van der Waals surface area contributed by atoms with E-state index < -0.39 is 0 Å². The van der Waals surface area contributed by atoms with Gasteiger partial charge in [0.1, 0.15) is 6.79 Å². The molecule has 0 radical (unpaired) electrons. The molecule has 17 heavy (non-hydrogen) atoms. The molecule has 0 aliphatic rings. The largest absolute Gasteiger partial charge is 2.00 e. The molecule has 0 aliphatic heterocycles. The van der Waals surface area contributed by atoms with Crippen LogP contribution in [0.25, 0.3) is 0 Å². The Morgan fingerprint density at radius 3 is 1.00 bits per heavy atom. The summed E-state index contributed by atoms with van der Waals surface area (Å²) < 4.78 is 0. The van der Waals surface area contributed by atoms with Crippen molar-refractivity contribution in [2.75, 3.05) is 0 Å². The molecule has 0 amide bonds. The van der Waals surface area contributed by atoms with Crippen LogP contribution < -0.4 is 10.2 Å². The van der Waals surface area contributed by atoms with Crippen LogP contribution in [-0.4, -0.2) is 55.7 Å². The smallest absolute Gasteiger partial charge is 0.872 e. The van der Waals surface area contributed by atoms with Gasteiger partial charge in [0.25, 0.3) is 0 Å². The third kappa shape index (κ3) is 11.5. The molecule has 2 rings (SSSR count). The molecule has 0 aromatic heterocycles. The van der Waals surface area contributed by atoms with Gasteiger partial charge in [0, 0.05) is 0 Å². The van der Waals surface area contributed by atoms with E-state index >= 15 is 0 Å². The van der Waals surface area contributed by atoms with Gasteiger partial charge in [0.05, 0.1) is 0 Å². The molecular weight excluding hydrogens is 341 g/mol. The first-order valence-electron chi connectivity index (χ1n) is 4.52. The second-order valence-electron chi connectivity index (χ2n) is 2.63. The summed E-state index contributed by atoms with van der Waals surface area (Å²) in [6.07, 6.45) is 0. The fourth-order valence-electron chi connectivity index (χ4n) is 0.841. The molecule has 0 saturated heterocycles. The molecule has 0 N–H and O–H groups in total. The Morgan fingerprint density at radius 2 is 0.882 bits per heavy atom. The Labute approximate surface area is 141 Å². The maximum absolute atomic E-state index is 10.3. The molecular formula is C13H12BaO3. The maximum Gasteiger partial charge on any atom is 2.00 e. The van der Waals surface area contributed by atoms with Crippen molar-refractivity contribution in [1.29, 1.82) is 0 Å². The molecule has 0 bridgehead atoms. The van der Waals surface area contributed by atoms with Gasteiger partial charge < -0.3 is 15.0 Å². The predicted octanol–water partition coefficient (Wildman–Crippen LogP) is 0.955. The van der Waals surface area contributed by atoms with Gasteiger partial charge in [-0.1, -0.05) is 60.7 Å². The molecule has 4 heteroatoms. The fourth-order valence-corrected chi connectivity index (χ4v) is 0.841. The number of hydrogen-bond acceptors (Lipinski definition) is 3. The van der Waals surface area contributed by atoms with Crippen LogP contribution in [-0.2, 0) is 4.79 Å². The SMILES string of the molecule is C=O.[Ba+2].[O-]c1ccccc1.[O-]c1ccccc1. The van der Waals surface area contributed by atoms with Crippen molar-refractivity contribution < 1.29 is 15.0 Å². The van der Waals surface area contributed by atoms with Crippen LogP contribution in [0.5, 0.6) is 11.5 Å². The summed E-state index contributed by atoms with van der Waals surface area (Å²) in [6, 6.07) is 16.7. The van der Waals surface area contributed by atoms with E-state index in [1.165, 1.54) is 24.3 Å². The number of benzene rings is 2. The molecule has 0 aliphatic carbocycles. The zero-order valence-corrected chi connectivity index (χ0v) is 13.9. The van der Waals surface area contributed by atoms with Crippen LogP contribution in [0.2, 0.25) is 0 Å². The normalized spacial score (nSPS) is 7.29. The molecule has 2 aromatic carbocycles. The maximum atomic E-state index is 10.3. The minimum Gasteiger partial charge on any atom is -0.872 e. The van der Waals surface area contributed by atoms with Crippen molar-refractivity contribution in [3.8, 4) is 11.5 Å². The first kappa shape index (κ1) is 18.6. The second kappa shape index (κ2) is 13.3. The van der Waals surface area contributed by atoms with E-state index in [0.29, 0.717) is 0 Å². The van der Waals surface area contributed by atoms with Crippen molar-refractivity contribution in [2.24, 2.45) is 0 Å². The zero-order valence-electron chi connectivity index (χ0n) is 9.41. The van der Waals surface area contributed by atoms with Gasteiger partial charge in [0.15, 0.2) is 0 Å². The summed E-state index contributed by atoms with van der Waals surface area (Å²) >= 11 is 0. The molecule has 3 nitrogen and oxygen atoms in total. The van der Waals surface area contributed by atoms with Gasteiger partial charge in [0.2, 0.25) is 0 Å². The number of carbonyl (C=O) groups excluding carboxylic acids is 1. The van der Waals surface area contributed by atoms with Gasteiger partial charge in [-0.25, -0.2) is 0 Å². The monoisotopic (exact) mass is 354 g/mol. The van der Waals surface area contributed by atoms with Crippen LogP contribution in [0.1, 0.15) is 0 Å². The summed E-state index contributed by atoms with van der Waals surface area (Å²) in [7, 11) is 0. The van der Waals surface area contributed by atoms with Gasteiger partial charge in [-0.3, -0.25) is 0 Å². The van der Waals surface area contributed by atoms with Gasteiger partial charge >= 0.3 is 48.9 Å². The summed E-state index contributed by atoms with van der Waals surface area (Å²) in [6.45, 7) is 2.00.